The molecule has 4 nitrogen and oxygen atoms in total. The van der Waals surface area contributed by atoms with Gasteiger partial charge < -0.3 is 15.0 Å². The van der Waals surface area contributed by atoms with E-state index < -0.39 is 0 Å². The molecule has 126 valence electrons. The minimum absolute atomic E-state index is 0.0307. The van der Waals surface area contributed by atoms with Crippen molar-refractivity contribution in [3.63, 3.8) is 0 Å². The van der Waals surface area contributed by atoms with Crippen LogP contribution in [0, 0.1) is 6.92 Å². The molecule has 24 heavy (non-hydrogen) atoms. The number of aryl methyl sites for hydroxylation is 1. The highest BCUT2D eigenvalue weighted by Gasteiger charge is 2.18. The van der Waals surface area contributed by atoms with E-state index in [0.29, 0.717) is 10.8 Å². The number of benzene rings is 2. The molecule has 0 bridgehead atoms. The summed E-state index contributed by atoms with van der Waals surface area (Å²) in [6.07, 6.45) is 1.07. The third kappa shape index (κ3) is 3.65. The number of carbonyl (C=O) groups excluding carboxylic acids is 1. The van der Waals surface area contributed by atoms with Gasteiger partial charge in [0.15, 0.2) is 6.61 Å². The maximum Gasteiger partial charge on any atom is 0.262 e. The number of rotatable bonds is 5. The summed E-state index contributed by atoms with van der Waals surface area (Å²) >= 11 is 5.92. The Bertz CT molecular complexity index is 761. The van der Waals surface area contributed by atoms with Gasteiger partial charge in [-0.1, -0.05) is 17.7 Å². The van der Waals surface area contributed by atoms with Crippen molar-refractivity contribution in [1.29, 1.82) is 0 Å². The van der Waals surface area contributed by atoms with E-state index in [1.165, 1.54) is 11.3 Å². The maximum absolute atomic E-state index is 12.1. The van der Waals surface area contributed by atoms with Crippen molar-refractivity contribution in [3.8, 4) is 5.75 Å². The lowest BCUT2D eigenvalue weighted by Crippen LogP contribution is -2.21. The molecule has 0 aromatic heterocycles. The van der Waals surface area contributed by atoms with Crippen molar-refractivity contribution in [2.75, 3.05) is 29.9 Å². The molecule has 1 amide bonds. The van der Waals surface area contributed by atoms with Crippen LogP contribution in [-0.4, -0.2) is 25.6 Å². The van der Waals surface area contributed by atoms with Crippen LogP contribution in [0.4, 0.5) is 11.4 Å². The van der Waals surface area contributed by atoms with Crippen LogP contribution < -0.4 is 15.0 Å². The molecule has 0 saturated carbocycles. The Hall–Kier alpha value is -2.20. The first-order chi connectivity index (χ1) is 11.6. The topological polar surface area (TPSA) is 41.6 Å². The summed E-state index contributed by atoms with van der Waals surface area (Å²) in [4.78, 5) is 14.5. The van der Waals surface area contributed by atoms with E-state index in [9.17, 15) is 4.79 Å². The van der Waals surface area contributed by atoms with Crippen LogP contribution in [0.25, 0.3) is 0 Å². The summed E-state index contributed by atoms with van der Waals surface area (Å²) in [5, 5.41) is 3.56. The van der Waals surface area contributed by atoms with E-state index in [1.807, 2.05) is 25.1 Å². The minimum Gasteiger partial charge on any atom is -0.483 e. The zero-order chi connectivity index (χ0) is 17.1. The zero-order valence-electron chi connectivity index (χ0n) is 13.9. The van der Waals surface area contributed by atoms with Gasteiger partial charge in [0.2, 0.25) is 0 Å². The van der Waals surface area contributed by atoms with Crippen molar-refractivity contribution in [2.45, 2.75) is 20.3 Å². The molecule has 0 fully saturated rings. The SMILES string of the molecule is CCN1CCc2ccc(NC(=O)COc3ccc(Cl)cc3C)cc21. The van der Waals surface area contributed by atoms with E-state index in [4.69, 9.17) is 16.3 Å². The van der Waals surface area contributed by atoms with Gasteiger partial charge in [-0.2, -0.15) is 0 Å². The van der Waals surface area contributed by atoms with Crippen LogP contribution in [0.2, 0.25) is 5.02 Å². The van der Waals surface area contributed by atoms with Crippen molar-refractivity contribution < 1.29 is 9.53 Å². The smallest absolute Gasteiger partial charge is 0.262 e. The summed E-state index contributed by atoms with van der Waals surface area (Å²) < 4.78 is 5.58. The van der Waals surface area contributed by atoms with E-state index in [2.05, 4.69) is 23.2 Å². The monoisotopic (exact) mass is 344 g/mol. The van der Waals surface area contributed by atoms with Crippen LogP contribution in [0.1, 0.15) is 18.1 Å². The van der Waals surface area contributed by atoms with Gasteiger partial charge in [-0.15, -0.1) is 0 Å². The Morgan fingerprint density at radius 1 is 1.29 bits per heavy atom. The summed E-state index contributed by atoms with van der Waals surface area (Å²) in [6.45, 7) is 6.03. The van der Waals surface area contributed by atoms with Gasteiger partial charge >= 0.3 is 0 Å². The standard InChI is InChI=1S/C19H21ClN2O2/c1-3-22-9-8-14-4-6-16(11-17(14)22)21-19(23)12-24-18-7-5-15(20)10-13(18)2/h4-7,10-11H,3,8-9,12H2,1-2H3,(H,21,23). The molecule has 0 saturated heterocycles. The maximum atomic E-state index is 12.1. The van der Waals surface area contributed by atoms with Crippen LogP contribution >= 0.6 is 11.6 Å². The van der Waals surface area contributed by atoms with Gasteiger partial charge in [-0.3, -0.25) is 4.79 Å². The summed E-state index contributed by atoms with van der Waals surface area (Å²) in [5.74, 6) is 0.492. The first kappa shape index (κ1) is 16.7. The van der Waals surface area contributed by atoms with Crippen molar-refractivity contribution in [1.82, 2.24) is 0 Å². The zero-order valence-corrected chi connectivity index (χ0v) is 14.7. The summed E-state index contributed by atoms with van der Waals surface area (Å²) in [7, 11) is 0. The van der Waals surface area contributed by atoms with E-state index in [-0.39, 0.29) is 12.5 Å². The molecule has 0 radical (unpaired) electrons. The lowest BCUT2D eigenvalue weighted by atomic mass is 10.1. The number of carbonyl (C=O) groups is 1. The average Bonchev–Trinajstić information content (AvgIpc) is 2.96. The van der Waals surface area contributed by atoms with Gasteiger partial charge in [-0.05, 0) is 61.7 Å². The third-order valence-electron chi connectivity index (χ3n) is 4.24. The lowest BCUT2D eigenvalue weighted by Gasteiger charge is -2.17. The number of nitrogens with zero attached hydrogens (tertiary/aromatic N) is 1. The first-order valence-electron chi connectivity index (χ1n) is 8.13. The highest BCUT2D eigenvalue weighted by Crippen LogP contribution is 2.30. The molecule has 0 aliphatic carbocycles. The predicted octanol–water partition coefficient (Wildman–Crippen LogP) is 4.05. The first-order valence-corrected chi connectivity index (χ1v) is 8.51. The number of likely N-dealkylation sites (N-methyl/N-ethyl adjacent to an activating group) is 1. The molecular formula is C19H21ClN2O2. The highest BCUT2D eigenvalue weighted by molar-refractivity contribution is 6.30. The molecule has 2 aromatic rings. The van der Waals surface area contributed by atoms with Gasteiger partial charge in [0, 0.05) is 29.5 Å². The van der Waals surface area contributed by atoms with Gasteiger partial charge in [-0.25, -0.2) is 0 Å². The fraction of sp³-hybridized carbons (Fsp3) is 0.316. The number of amides is 1. The molecule has 0 spiro atoms. The predicted molar refractivity (Wildman–Crippen MR) is 98.3 cm³/mol. The number of halogens is 1. The minimum atomic E-state index is -0.176. The lowest BCUT2D eigenvalue weighted by molar-refractivity contribution is -0.118. The van der Waals surface area contributed by atoms with Crippen molar-refractivity contribution in [3.05, 3.63) is 52.5 Å². The van der Waals surface area contributed by atoms with Gasteiger partial charge in [0.1, 0.15) is 5.75 Å². The Balaban J connectivity index is 1.61. The Labute approximate surface area is 147 Å². The highest BCUT2D eigenvalue weighted by atomic mass is 35.5. The van der Waals surface area contributed by atoms with Crippen molar-refractivity contribution >= 4 is 28.9 Å². The number of anilines is 2. The Kier molecular flexibility index (Phi) is 4.95. The van der Waals surface area contributed by atoms with E-state index in [1.54, 1.807) is 12.1 Å². The molecule has 2 aromatic carbocycles. The normalized spacial score (nSPS) is 12.9. The second-order valence-corrected chi connectivity index (χ2v) is 6.36. The second-order valence-electron chi connectivity index (χ2n) is 5.92. The molecule has 3 rings (SSSR count). The van der Waals surface area contributed by atoms with Gasteiger partial charge in [0.05, 0.1) is 0 Å². The number of hydrogen-bond acceptors (Lipinski definition) is 3. The Morgan fingerprint density at radius 3 is 2.88 bits per heavy atom. The fourth-order valence-electron chi connectivity index (χ4n) is 2.97. The summed E-state index contributed by atoms with van der Waals surface area (Å²) in [5.41, 5.74) is 4.26. The molecule has 1 aliphatic rings. The van der Waals surface area contributed by atoms with Gasteiger partial charge in [0.25, 0.3) is 5.91 Å². The van der Waals surface area contributed by atoms with Crippen LogP contribution in [0.15, 0.2) is 36.4 Å². The van der Waals surface area contributed by atoms with E-state index >= 15 is 0 Å². The molecule has 0 atom stereocenters. The molecule has 0 unspecified atom stereocenters. The number of nitrogens with one attached hydrogen (secondary N) is 1. The average molecular weight is 345 g/mol. The number of fused-ring (bicyclic) bond motifs is 1. The van der Waals surface area contributed by atoms with E-state index in [0.717, 1.165) is 30.8 Å². The second kappa shape index (κ2) is 7.14. The quantitative estimate of drug-likeness (QED) is 0.889. The summed E-state index contributed by atoms with van der Waals surface area (Å²) in [6, 6.07) is 11.4. The van der Waals surface area contributed by atoms with Crippen LogP contribution in [0.5, 0.6) is 5.75 Å². The Morgan fingerprint density at radius 2 is 2.12 bits per heavy atom. The van der Waals surface area contributed by atoms with Crippen LogP contribution in [-0.2, 0) is 11.2 Å². The van der Waals surface area contributed by atoms with Crippen molar-refractivity contribution in [2.24, 2.45) is 0 Å². The molecule has 5 heteroatoms. The number of hydrogen-bond donors (Lipinski definition) is 1. The van der Waals surface area contributed by atoms with Crippen LogP contribution in [0.3, 0.4) is 0 Å². The molecule has 1 heterocycles. The fourth-order valence-corrected chi connectivity index (χ4v) is 3.19. The number of ether oxygens (including phenoxy) is 1. The molecular weight excluding hydrogens is 324 g/mol. The largest absolute Gasteiger partial charge is 0.483 e. The third-order valence-corrected chi connectivity index (χ3v) is 4.47. The molecule has 1 N–H and O–H groups in total. The molecule has 1 aliphatic heterocycles.